The fourth-order valence-corrected chi connectivity index (χ4v) is 7.78. The third-order valence-corrected chi connectivity index (χ3v) is 10.3. The number of thioether (sulfide) groups is 2. The monoisotopic (exact) mass is 500 g/mol. The summed E-state index contributed by atoms with van der Waals surface area (Å²) < 4.78 is 0. The lowest BCUT2D eigenvalue weighted by atomic mass is 9.62. The highest BCUT2D eigenvalue weighted by Crippen LogP contribution is 2.51. The maximum atomic E-state index is 11.7. The van der Waals surface area contributed by atoms with Crippen LogP contribution in [0.25, 0.3) is 0 Å². The van der Waals surface area contributed by atoms with Crippen molar-refractivity contribution in [2.45, 2.75) is 137 Å². The van der Waals surface area contributed by atoms with E-state index in [-0.39, 0.29) is 5.41 Å². The number of hydrogen-bond acceptors (Lipinski definition) is 4. The highest BCUT2D eigenvalue weighted by molar-refractivity contribution is 7.99. The second-order valence-electron chi connectivity index (χ2n) is 10.7. The fourth-order valence-electron chi connectivity index (χ4n) is 5.12. The summed E-state index contributed by atoms with van der Waals surface area (Å²) >= 11 is 3.97. The van der Waals surface area contributed by atoms with E-state index >= 15 is 0 Å². The zero-order chi connectivity index (χ0) is 24.4. The molecule has 4 heteroatoms. The van der Waals surface area contributed by atoms with Gasteiger partial charge >= 0.3 is 0 Å². The SMILES string of the molecule is CCCCCCCCSCC1(CCCC)CC=C(O)C(C)(CSCCCCCCCC)C1O. The van der Waals surface area contributed by atoms with E-state index < -0.39 is 11.5 Å². The van der Waals surface area contributed by atoms with Gasteiger partial charge in [-0.05, 0) is 50.2 Å². The molecule has 0 fully saturated rings. The van der Waals surface area contributed by atoms with Gasteiger partial charge in [0.15, 0.2) is 0 Å². The van der Waals surface area contributed by atoms with Gasteiger partial charge in [-0.1, -0.05) is 97.8 Å². The van der Waals surface area contributed by atoms with Crippen LogP contribution in [-0.4, -0.2) is 39.3 Å². The van der Waals surface area contributed by atoms with Crippen LogP contribution in [-0.2, 0) is 0 Å². The predicted molar refractivity (Wildman–Crippen MR) is 153 cm³/mol. The van der Waals surface area contributed by atoms with Gasteiger partial charge in [0.25, 0.3) is 0 Å². The summed E-state index contributed by atoms with van der Waals surface area (Å²) in [7, 11) is 0. The van der Waals surface area contributed by atoms with Gasteiger partial charge in [-0.25, -0.2) is 0 Å². The second-order valence-corrected chi connectivity index (χ2v) is 12.9. The van der Waals surface area contributed by atoms with Gasteiger partial charge < -0.3 is 10.2 Å². The van der Waals surface area contributed by atoms with Gasteiger partial charge in [-0.2, -0.15) is 23.5 Å². The molecule has 1 aliphatic rings. The van der Waals surface area contributed by atoms with Crippen molar-refractivity contribution in [3.05, 3.63) is 11.8 Å². The molecule has 3 unspecified atom stereocenters. The molecule has 0 spiro atoms. The Morgan fingerprint density at radius 3 is 1.79 bits per heavy atom. The molecule has 3 atom stereocenters. The van der Waals surface area contributed by atoms with Crippen molar-refractivity contribution in [2.75, 3.05) is 23.0 Å². The first-order chi connectivity index (χ1) is 16.0. The summed E-state index contributed by atoms with van der Waals surface area (Å²) in [6, 6.07) is 0. The molecule has 0 bridgehead atoms. The summed E-state index contributed by atoms with van der Waals surface area (Å²) in [5, 5.41) is 22.6. The van der Waals surface area contributed by atoms with E-state index in [2.05, 4.69) is 33.8 Å². The van der Waals surface area contributed by atoms with Crippen LogP contribution in [0.3, 0.4) is 0 Å². The number of allylic oxidation sites excluding steroid dienone is 1. The van der Waals surface area contributed by atoms with Gasteiger partial charge in [0, 0.05) is 16.9 Å². The molecule has 33 heavy (non-hydrogen) atoms. The first kappa shape index (κ1) is 31.2. The van der Waals surface area contributed by atoms with Gasteiger partial charge in [0.05, 0.1) is 17.3 Å². The molecule has 2 N–H and O–H groups in total. The van der Waals surface area contributed by atoms with Crippen LogP contribution in [0.2, 0.25) is 0 Å². The smallest absolute Gasteiger partial charge is 0.0976 e. The van der Waals surface area contributed by atoms with Crippen LogP contribution < -0.4 is 0 Å². The first-order valence-corrected chi connectivity index (χ1v) is 16.5. The summed E-state index contributed by atoms with van der Waals surface area (Å²) in [5.74, 6) is 4.60. The molecule has 1 aliphatic carbocycles. The Bertz CT molecular complexity index is 510. The molecular weight excluding hydrogens is 444 g/mol. The third-order valence-electron chi connectivity index (χ3n) is 7.57. The Balaban J connectivity index is 2.58. The van der Waals surface area contributed by atoms with Crippen LogP contribution in [0, 0.1) is 10.8 Å². The number of hydrogen-bond donors (Lipinski definition) is 2. The van der Waals surface area contributed by atoms with E-state index in [0.29, 0.717) is 5.76 Å². The van der Waals surface area contributed by atoms with Crippen molar-refractivity contribution in [3.63, 3.8) is 0 Å². The van der Waals surface area contributed by atoms with E-state index in [1.807, 2.05) is 23.5 Å². The molecule has 0 radical (unpaired) electrons. The summed E-state index contributed by atoms with van der Waals surface area (Å²) in [6.45, 7) is 8.89. The molecule has 0 aromatic carbocycles. The average molecular weight is 501 g/mol. The number of aliphatic hydroxyl groups excluding tert-OH is 2. The van der Waals surface area contributed by atoms with Gasteiger partial charge in [-0.3, -0.25) is 0 Å². The Morgan fingerprint density at radius 2 is 1.24 bits per heavy atom. The molecule has 0 aliphatic heterocycles. The van der Waals surface area contributed by atoms with Gasteiger partial charge in [0.2, 0.25) is 0 Å². The zero-order valence-electron chi connectivity index (χ0n) is 22.5. The topological polar surface area (TPSA) is 40.5 Å². The van der Waals surface area contributed by atoms with Crippen molar-refractivity contribution >= 4 is 23.5 Å². The minimum atomic E-state index is -0.514. The Labute approximate surface area is 215 Å². The lowest BCUT2D eigenvalue weighted by molar-refractivity contribution is -0.0588. The lowest BCUT2D eigenvalue weighted by Crippen LogP contribution is -2.52. The van der Waals surface area contributed by atoms with Gasteiger partial charge in [-0.15, -0.1) is 0 Å². The van der Waals surface area contributed by atoms with E-state index in [4.69, 9.17) is 0 Å². The zero-order valence-corrected chi connectivity index (χ0v) is 24.1. The summed E-state index contributed by atoms with van der Waals surface area (Å²) in [5.41, 5.74) is -0.607. The van der Waals surface area contributed by atoms with Crippen molar-refractivity contribution in [3.8, 4) is 0 Å². The largest absolute Gasteiger partial charge is 0.512 e. The van der Waals surface area contributed by atoms with E-state index in [1.165, 1.54) is 82.8 Å². The fraction of sp³-hybridized carbons (Fsp3) is 0.931. The quantitative estimate of drug-likeness (QED) is 0.154. The van der Waals surface area contributed by atoms with Gasteiger partial charge in [0.1, 0.15) is 0 Å². The molecule has 196 valence electrons. The molecule has 0 saturated heterocycles. The van der Waals surface area contributed by atoms with E-state index in [0.717, 1.165) is 42.9 Å². The minimum Gasteiger partial charge on any atom is -0.512 e. The number of aliphatic hydroxyl groups is 2. The van der Waals surface area contributed by atoms with Crippen LogP contribution in [0.4, 0.5) is 0 Å². The van der Waals surface area contributed by atoms with Crippen molar-refractivity contribution in [1.82, 2.24) is 0 Å². The predicted octanol–water partition coefficient (Wildman–Crippen LogP) is 9.56. The second kappa shape index (κ2) is 18.5. The molecule has 0 saturated carbocycles. The van der Waals surface area contributed by atoms with E-state index in [9.17, 15) is 10.2 Å². The van der Waals surface area contributed by atoms with Crippen LogP contribution in [0.1, 0.15) is 130 Å². The Hall–Kier alpha value is 0.200. The molecule has 0 amide bonds. The lowest BCUT2D eigenvalue weighted by Gasteiger charge is -2.49. The van der Waals surface area contributed by atoms with Crippen molar-refractivity contribution in [1.29, 1.82) is 0 Å². The molecular formula is C29H56O2S2. The summed E-state index contributed by atoms with van der Waals surface area (Å²) in [4.78, 5) is 0. The highest BCUT2D eigenvalue weighted by atomic mass is 32.2. The van der Waals surface area contributed by atoms with Crippen LogP contribution in [0.5, 0.6) is 0 Å². The Kier molecular flexibility index (Phi) is 17.5. The van der Waals surface area contributed by atoms with Crippen LogP contribution in [0.15, 0.2) is 11.8 Å². The highest BCUT2D eigenvalue weighted by Gasteiger charge is 2.51. The van der Waals surface area contributed by atoms with E-state index in [1.54, 1.807) is 0 Å². The number of unbranched alkanes of at least 4 members (excludes halogenated alkanes) is 11. The van der Waals surface area contributed by atoms with Crippen molar-refractivity contribution in [2.24, 2.45) is 10.8 Å². The number of rotatable bonds is 21. The molecule has 0 aromatic rings. The molecule has 1 rings (SSSR count). The normalized spacial score (nSPS) is 25.4. The third kappa shape index (κ3) is 11.2. The minimum absolute atomic E-state index is 0.0927. The van der Waals surface area contributed by atoms with Crippen LogP contribution >= 0.6 is 23.5 Å². The average Bonchev–Trinajstić information content (AvgIpc) is 2.82. The summed E-state index contributed by atoms with van der Waals surface area (Å²) in [6.07, 6.45) is 21.8. The molecule has 0 aromatic heterocycles. The molecule has 0 heterocycles. The standard InChI is InChI=1S/C29H56O2S2/c1-5-8-11-13-15-17-22-32-24-28(4)26(30)19-21-29(27(28)31,20-10-7-3)25-33-23-18-16-14-12-9-6-2/h19,27,30-31H,5-18,20-25H2,1-4H3. The van der Waals surface area contributed by atoms with Crippen molar-refractivity contribution < 1.29 is 10.2 Å². The maximum absolute atomic E-state index is 11.7. The Morgan fingerprint density at radius 1 is 0.758 bits per heavy atom. The first-order valence-electron chi connectivity index (χ1n) is 14.2. The molecule has 2 nitrogen and oxygen atoms in total. The maximum Gasteiger partial charge on any atom is 0.0976 e.